The average molecular weight is 604 g/mol. The molecule has 0 spiro atoms. The summed E-state index contributed by atoms with van der Waals surface area (Å²) in [5.41, 5.74) is 6.59. The van der Waals surface area contributed by atoms with Crippen LogP contribution in [0, 0.1) is 0 Å². The van der Waals surface area contributed by atoms with E-state index in [1.807, 2.05) is 129 Å². The number of benzene rings is 5. The van der Waals surface area contributed by atoms with Crippen molar-refractivity contribution in [2.45, 2.75) is 20.0 Å². The molecular weight excluding hydrogens is 570 g/mol. The van der Waals surface area contributed by atoms with Gasteiger partial charge in [0.25, 0.3) is 0 Å². The van der Waals surface area contributed by atoms with Crippen LogP contribution in [0.4, 0.5) is 0 Å². The minimum Gasteiger partial charge on any atom is -0.456 e. The smallest absolute Gasteiger partial charge is 0.331 e. The Balaban J connectivity index is 1.23. The maximum atomic E-state index is 6.12. The van der Waals surface area contributed by atoms with E-state index in [2.05, 4.69) is 57.4 Å². The van der Waals surface area contributed by atoms with Crippen LogP contribution in [0.1, 0.15) is 19.4 Å². The molecule has 6 rings (SSSR count). The van der Waals surface area contributed by atoms with Crippen molar-refractivity contribution in [3.63, 3.8) is 0 Å². The van der Waals surface area contributed by atoms with E-state index in [1.54, 1.807) is 0 Å². The van der Waals surface area contributed by atoms with E-state index in [0.717, 1.165) is 33.4 Å². The molecule has 1 heterocycles. The number of hydrogen-bond acceptors (Lipinski definition) is 6. The molecule has 0 bridgehead atoms. The predicted octanol–water partition coefficient (Wildman–Crippen LogP) is 10.2. The van der Waals surface area contributed by atoms with Gasteiger partial charge in [-0.2, -0.15) is 0 Å². The molecule has 0 N–H and O–H groups in total. The van der Waals surface area contributed by atoms with Crippen molar-refractivity contribution < 1.29 is 14.2 Å². The summed E-state index contributed by atoms with van der Waals surface area (Å²) < 4.78 is 18.3. The summed E-state index contributed by atoms with van der Waals surface area (Å²) in [6, 6.07) is 46.2. The highest BCUT2D eigenvalue weighted by Gasteiger charge is 2.14. The predicted molar refractivity (Wildman–Crippen MR) is 183 cm³/mol. The van der Waals surface area contributed by atoms with Gasteiger partial charge in [0.1, 0.15) is 17.6 Å². The van der Waals surface area contributed by atoms with Crippen LogP contribution in [0.3, 0.4) is 0 Å². The molecule has 1 unspecified atom stereocenters. The van der Waals surface area contributed by atoms with Crippen LogP contribution in [-0.4, -0.2) is 21.1 Å². The maximum Gasteiger partial charge on any atom is 0.331 e. The van der Waals surface area contributed by atoms with Gasteiger partial charge in [0.15, 0.2) is 0 Å². The Morgan fingerprint density at radius 1 is 0.522 bits per heavy atom. The number of ether oxygens (including phenoxy) is 3. The number of rotatable bonds is 11. The minimum absolute atomic E-state index is 0.0583. The van der Waals surface area contributed by atoms with E-state index in [9.17, 15) is 0 Å². The molecule has 46 heavy (non-hydrogen) atoms. The largest absolute Gasteiger partial charge is 0.456 e. The molecule has 6 nitrogen and oxygen atoms in total. The first-order chi connectivity index (χ1) is 22.6. The second-order valence-corrected chi connectivity index (χ2v) is 10.5. The molecule has 5 aromatic carbocycles. The standard InChI is InChI=1S/C40H33N3O3/c1-3-30(31-13-7-4-8-14-31)20-19-29(2)44-38-41-39(45-36-25-21-34(22-26-36)32-15-9-5-10-16-32)43-40(42-38)46-37-27-23-35(24-28-37)33-17-11-6-12-18-33/h3-29H,1-2H3/b20-19-,30-3+. The van der Waals surface area contributed by atoms with Crippen molar-refractivity contribution in [3.05, 3.63) is 163 Å². The number of nitrogens with zero attached hydrogens (tertiary/aromatic N) is 3. The quantitative estimate of drug-likeness (QED) is 0.137. The summed E-state index contributed by atoms with van der Waals surface area (Å²) >= 11 is 0. The lowest BCUT2D eigenvalue weighted by atomic mass is 10.1. The first-order valence-electron chi connectivity index (χ1n) is 15.1. The highest BCUT2D eigenvalue weighted by molar-refractivity contribution is 5.73. The average Bonchev–Trinajstić information content (AvgIpc) is 3.10. The van der Waals surface area contributed by atoms with Crippen LogP contribution in [0.2, 0.25) is 0 Å². The maximum absolute atomic E-state index is 6.12. The van der Waals surface area contributed by atoms with E-state index in [0.29, 0.717) is 11.5 Å². The first-order valence-corrected chi connectivity index (χ1v) is 15.1. The van der Waals surface area contributed by atoms with Gasteiger partial charge in [-0.05, 0) is 77.6 Å². The van der Waals surface area contributed by atoms with Crippen LogP contribution in [0.5, 0.6) is 29.5 Å². The van der Waals surface area contributed by atoms with E-state index < -0.39 is 0 Å². The van der Waals surface area contributed by atoms with Gasteiger partial charge in [0, 0.05) is 0 Å². The van der Waals surface area contributed by atoms with Gasteiger partial charge in [-0.1, -0.05) is 127 Å². The highest BCUT2D eigenvalue weighted by Crippen LogP contribution is 2.29. The summed E-state index contributed by atoms with van der Waals surface area (Å²) in [5, 5.41) is 0. The van der Waals surface area contributed by atoms with Crippen molar-refractivity contribution in [1.29, 1.82) is 0 Å². The van der Waals surface area contributed by atoms with Crippen LogP contribution in [-0.2, 0) is 0 Å². The Hall–Kier alpha value is -6.01. The highest BCUT2D eigenvalue weighted by atomic mass is 16.5. The fraction of sp³-hybridized carbons (Fsp3) is 0.0750. The van der Waals surface area contributed by atoms with Crippen LogP contribution in [0.25, 0.3) is 27.8 Å². The lowest BCUT2D eigenvalue weighted by Crippen LogP contribution is -2.12. The molecule has 0 saturated carbocycles. The molecule has 1 aromatic heterocycles. The van der Waals surface area contributed by atoms with E-state index >= 15 is 0 Å². The Bertz CT molecular complexity index is 1800. The lowest BCUT2D eigenvalue weighted by molar-refractivity contribution is 0.237. The molecule has 0 amide bonds. The van der Waals surface area contributed by atoms with Crippen LogP contribution >= 0.6 is 0 Å². The molecule has 0 radical (unpaired) electrons. The molecule has 0 saturated heterocycles. The van der Waals surface area contributed by atoms with Gasteiger partial charge >= 0.3 is 18.0 Å². The lowest BCUT2D eigenvalue weighted by Gasteiger charge is -2.13. The number of aromatic nitrogens is 3. The van der Waals surface area contributed by atoms with Crippen LogP contribution < -0.4 is 14.2 Å². The Labute approximate surface area is 269 Å². The zero-order chi connectivity index (χ0) is 31.6. The first kappa shape index (κ1) is 30.0. The number of allylic oxidation sites excluding steroid dienone is 3. The molecular formula is C40H33N3O3. The monoisotopic (exact) mass is 603 g/mol. The molecule has 0 fully saturated rings. The Morgan fingerprint density at radius 2 is 0.935 bits per heavy atom. The van der Waals surface area contributed by atoms with Crippen molar-refractivity contribution >= 4 is 5.57 Å². The van der Waals surface area contributed by atoms with E-state index in [-0.39, 0.29) is 24.1 Å². The van der Waals surface area contributed by atoms with E-state index in [4.69, 9.17) is 14.2 Å². The molecule has 0 aliphatic heterocycles. The molecule has 6 heteroatoms. The van der Waals surface area contributed by atoms with E-state index in [1.165, 1.54) is 0 Å². The third-order valence-corrected chi connectivity index (χ3v) is 7.17. The summed E-state index contributed by atoms with van der Waals surface area (Å²) in [6.07, 6.45) is 5.69. The molecule has 226 valence electrons. The van der Waals surface area contributed by atoms with Gasteiger partial charge in [-0.3, -0.25) is 0 Å². The summed E-state index contributed by atoms with van der Waals surface area (Å²) in [6.45, 7) is 3.93. The van der Waals surface area contributed by atoms with Gasteiger partial charge in [0.05, 0.1) is 0 Å². The minimum atomic E-state index is -0.350. The Kier molecular flexibility index (Phi) is 9.56. The van der Waals surface area contributed by atoms with Crippen LogP contribution in [0.15, 0.2) is 158 Å². The van der Waals surface area contributed by atoms with Crippen molar-refractivity contribution in [1.82, 2.24) is 15.0 Å². The molecule has 1 atom stereocenters. The Morgan fingerprint density at radius 3 is 1.39 bits per heavy atom. The molecule has 6 aromatic rings. The third-order valence-electron chi connectivity index (χ3n) is 7.17. The summed E-state index contributed by atoms with van der Waals surface area (Å²) in [7, 11) is 0. The van der Waals surface area contributed by atoms with Gasteiger partial charge in [-0.25, -0.2) is 0 Å². The van der Waals surface area contributed by atoms with Gasteiger partial charge < -0.3 is 14.2 Å². The topological polar surface area (TPSA) is 66.4 Å². The van der Waals surface area contributed by atoms with Gasteiger partial charge in [-0.15, -0.1) is 15.0 Å². The summed E-state index contributed by atoms with van der Waals surface area (Å²) in [4.78, 5) is 13.4. The molecule has 0 aliphatic carbocycles. The van der Waals surface area contributed by atoms with Crippen molar-refractivity contribution in [2.75, 3.05) is 0 Å². The second kappa shape index (κ2) is 14.6. The fourth-order valence-electron chi connectivity index (χ4n) is 4.80. The van der Waals surface area contributed by atoms with Gasteiger partial charge in [0.2, 0.25) is 0 Å². The SMILES string of the molecule is C/C=C(\C=C/C(C)Oc1nc(Oc2ccc(-c3ccccc3)cc2)nc(Oc2ccc(-c3ccccc3)cc2)n1)c1ccccc1. The third kappa shape index (κ3) is 7.92. The molecule has 0 aliphatic rings. The van der Waals surface area contributed by atoms with Crippen molar-refractivity contribution in [2.24, 2.45) is 0 Å². The fourth-order valence-corrected chi connectivity index (χ4v) is 4.80. The number of hydrogen-bond donors (Lipinski definition) is 0. The second-order valence-electron chi connectivity index (χ2n) is 10.5. The normalized spacial score (nSPS) is 12.1. The zero-order valence-electron chi connectivity index (χ0n) is 25.7. The zero-order valence-corrected chi connectivity index (χ0v) is 25.7. The summed E-state index contributed by atoms with van der Waals surface area (Å²) in [5.74, 6) is 1.15. The van der Waals surface area contributed by atoms with Crippen molar-refractivity contribution in [3.8, 4) is 51.8 Å².